The predicted molar refractivity (Wildman–Crippen MR) is 128 cm³/mol. The number of aromatic nitrogens is 1. The van der Waals surface area contributed by atoms with E-state index in [1.54, 1.807) is 27.2 Å². The molecule has 1 aromatic heterocycles. The lowest BCUT2D eigenvalue weighted by Gasteiger charge is -2.17. The highest BCUT2D eigenvalue weighted by atomic mass is 32.1. The molecular formula is C24H30N2O5S. The number of carbonyl (C=O) groups excluding carboxylic acids is 1. The fraction of sp³-hybridized carbons (Fsp3) is 0.375. The minimum atomic E-state index is -0.457. The summed E-state index contributed by atoms with van der Waals surface area (Å²) in [5, 5.41) is 10.9. The van der Waals surface area contributed by atoms with E-state index in [1.165, 1.54) is 0 Å². The summed E-state index contributed by atoms with van der Waals surface area (Å²) in [7, 11) is 8.87. The Hall–Kier alpha value is -2.84. The molecule has 1 heterocycles. The van der Waals surface area contributed by atoms with Crippen molar-refractivity contribution in [2.75, 3.05) is 34.9 Å². The second-order valence-corrected chi connectivity index (χ2v) is 8.27. The molecule has 0 aliphatic carbocycles. The molecule has 3 rings (SSSR count). The average molecular weight is 459 g/mol. The number of hydrogen-bond donors (Lipinski definition) is 2. The number of ether oxygens (including phenoxy) is 3. The number of carbonyl (C=O) groups is 1. The Morgan fingerprint density at radius 2 is 1.84 bits per heavy atom. The summed E-state index contributed by atoms with van der Waals surface area (Å²) in [5.41, 5.74) is 3.41. The lowest BCUT2D eigenvalue weighted by atomic mass is 10.00. The summed E-state index contributed by atoms with van der Waals surface area (Å²) < 4.78 is 18.2. The number of fused-ring (bicyclic) bond motifs is 1. The van der Waals surface area contributed by atoms with Crippen molar-refractivity contribution in [3.8, 4) is 17.2 Å². The number of aryl methyl sites for hydroxylation is 1. The Bertz CT molecular complexity index is 1140. The number of rotatable bonds is 8. The molecule has 8 heteroatoms. The van der Waals surface area contributed by atoms with Crippen molar-refractivity contribution in [3.63, 3.8) is 0 Å². The van der Waals surface area contributed by atoms with Crippen LogP contribution in [-0.4, -0.2) is 55.5 Å². The van der Waals surface area contributed by atoms with E-state index in [0.717, 1.165) is 11.1 Å². The van der Waals surface area contributed by atoms with E-state index in [-0.39, 0.29) is 12.4 Å². The van der Waals surface area contributed by atoms with Crippen LogP contribution in [0.3, 0.4) is 0 Å². The number of aromatic hydroxyl groups is 1. The summed E-state index contributed by atoms with van der Waals surface area (Å²) in [5.74, 6) is 0.873. The van der Waals surface area contributed by atoms with Crippen LogP contribution >= 0.6 is 12.6 Å². The van der Waals surface area contributed by atoms with E-state index < -0.39 is 11.2 Å². The minimum absolute atomic E-state index is 0.135. The summed E-state index contributed by atoms with van der Waals surface area (Å²) >= 11 is 4.90. The maximum atomic E-state index is 13.2. The molecule has 0 radical (unpaired) electrons. The zero-order chi connectivity index (χ0) is 23.6. The van der Waals surface area contributed by atoms with E-state index in [0.29, 0.717) is 40.3 Å². The molecule has 1 atom stereocenters. The predicted octanol–water partition coefficient (Wildman–Crippen LogP) is 4.16. The lowest BCUT2D eigenvalue weighted by molar-refractivity contribution is 0.0527. The highest BCUT2D eigenvalue weighted by molar-refractivity contribution is 7.80. The van der Waals surface area contributed by atoms with Gasteiger partial charge < -0.3 is 28.8 Å². The van der Waals surface area contributed by atoms with Gasteiger partial charge in [0.05, 0.1) is 37.3 Å². The Morgan fingerprint density at radius 3 is 2.44 bits per heavy atom. The summed E-state index contributed by atoms with van der Waals surface area (Å²) in [6.07, 6.45) is 0. The standard InChI is InChI=1S/C24H30N2O5S/c1-7-31-24(28)21-20-15(13-25(2)3)17(27)10-9-16(20)26(4)22(21)23(32)14-8-11-18(29-5)19(12-14)30-6/h8-12,23,27,32H,7,13H2,1-6H3. The second kappa shape index (κ2) is 9.75. The minimum Gasteiger partial charge on any atom is -0.508 e. The van der Waals surface area contributed by atoms with Crippen molar-refractivity contribution in [1.29, 1.82) is 0 Å². The van der Waals surface area contributed by atoms with Gasteiger partial charge in [-0.2, -0.15) is 12.6 Å². The highest BCUT2D eigenvalue weighted by Gasteiger charge is 2.30. The van der Waals surface area contributed by atoms with Crippen LogP contribution in [0.2, 0.25) is 0 Å². The first-order chi connectivity index (χ1) is 15.2. The van der Waals surface area contributed by atoms with Gasteiger partial charge in [-0.1, -0.05) is 6.07 Å². The second-order valence-electron chi connectivity index (χ2n) is 7.75. The zero-order valence-electron chi connectivity index (χ0n) is 19.3. The van der Waals surface area contributed by atoms with E-state index in [4.69, 9.17) is 26.8 Å². The van der Waals surface area contributed by atoms with Crippen molar-refractivity contribution in [2.24, 2.45) is 7.05 Å². The monoisotopic (exact) mass is 458 g/mol. The molecule has 32 heavy (non-hydrogen) atoms. The van der Waals surface area contributed by atoms with Gasteiger partial charge in [0, 0.05) is 30.1 Å². The zero-order valence-corrected chi connectivity index (χ0v) is 20.2. The van der Waals surface area contributed by atoms with Crippen molar-refractivity contribution in [1.82, 2.24) is 9.47 Å². The number of hydrogen-bond acceptors (Lipinski definition) is 7. The molecule has 1 N–H and O–H groups in total. The molecule has 0 aliphatic rings. The van der Waals surface area contributed by atoms with Crippen LogP contribution in [0.4, 0.5) is 0 Å². The molecular weight excluding hydrogens is 428 g/mol. The third-order valence-corrected chi connectivity index (χ3v) is 5.97. The number of nitrogens with zero attached hydrogens (tertiary/aromatic N) is 2. The maximum Gasteiger partial charge on any atom is 0.340 e. The van der Waals surface area contributed by atoms with Crippen molar-refractivity contribution in [2.45, 2.75) is 18.7 Å². The molecule has 0 saturated heterocycles. The molecule has 2 aromatic carbocycles. The summed E-state index contributed by atoms with van der Waals surface area (Å²) in [6.45, 7) is 2.48. The van der Waals surface area contributed by atoms with Crippen LogP contribution in [0.5, 0.6) is 17.2 Å². The summed E-state index contributed by atoms with van der Waals surface area (Å²) in [4.78, 5) is 15.1. The van der Waals surface area contributed by atoms with Crippen LogP contribution < -0.4 is 9.47 Å². The van der Waals surface area contributed by atoms with Crippen LogP contribution in [0.1, 0.15) is 39.4 Å². The van der Waals surface area contributed by atoms with E-state index in [2.05, 4.69) is 0 Å². The van der Waals surface area contributed by atoms with Gasteiger partial charge in [0.25, 0.3) is 0 Å². The molecule has 0 aliphatic heterocycles. The molecule has 172 valence electrons. The molecule has 0 saturated carbocycles. The van der Waals surface area contributed by atoms with Gasteiger partial charge >= 0.3 is 5.97 Å². The third-order valence-electron chi connectivity index (χ3n) is 5.43. The molecule has 0 fully saturated rings. The van der Waals surface area contributed by atoms with Crippen LogP contribution in [0.25, 0.3) is 10.9 Å². The van der Waals surface area contributed by atoms with E-state index in [1.807, 2.05) is 54.9 Å². The molecule has 0 amide bonds. The Balaban J connectivity index is 2.32. The first-order valence-electron chi connectivity index (χ1n) is 10.3. The number of esters is 1. The van der Waals surface area contributed by atoms with Crippen molar-refractivity contribution in [3.05, 3.63) is 52.7 Å². The first kappa shape index (κ1) is 23.8. The largest absolute Gasteiger partial charge is 0.508 e. The van der Waals surface area contributed by atoms with Crippen molar-refractivity contribution < 1.29 is 24.1 Å². The number of benzene rings is 2. The third kappa shape index (κ3) is 4.25. The van der Waals surface area contributed by atoms with Gasteiger partial charge in [-0.25, -0.2) is 4.79 Å². The fourth-order valence-electron chi connectivity index (χ4n) is 4.00. The average Bonchev–Trinajstić information content (AvgIpc) is 3.07. The smallest absolute Gasteiger partial charge is 0.340 e. The maximum absolute atomic E-state index is 13.2. The van der Waals surface area contributed by atoms with Crippen LogP contribution in [-0.2, 0) is 18.3 Å². The van der Waals surface area contributed by atoms with Crippen LogP contribution in [0.15, 0.2) is 30.3 Å². The normalized spacial score (nSPS) is 12.2. The number of phenols is 1. The first-order valence-corrected chi connectivity index (χ1v) is 10.8. The Morgan fingerprint density at radius 1 is 1.16 bits per heavy atom. The van der Waals surface area contributed by atoms with Gasteiger partial charge in [0.2, 0.25) is 0 Å². The van der Waals surface area contributed by atoms with Gasteiger partial charge in [0.1, 0.15) is 5.75 Å². The van der Waals surface area contributed by atoms with Crippen LogP contribution in [0, 0.1) is 0 Å². The highest BCUT2D eigenvalue weighted by Crippen LogP contribution is 2.42. The topological polar surface area (TPSA) is 73.2 Å². The number of phenolic OH excluding ortho intramolecular Hbond substituents is 1. The molecule has 0 spiro atoms. The van der Waals surface area contributed by atoms with Gasteiger partial charge in [-0.3, -0.25) is 0 Å². The van der Waals surface area contributed by atoms with Crippen molar-refractivity contribution >= 4 is 29.5 Å². The fourth-order valence-corrected chi connectivity index (χ4v) is 4.46. The van der Waals surface area contributed by atoms with Gasteiger partial charge in [0.15, 0.2) is 11.5 Å². The molecule has 0 bridgehead atoms. The quantitative estimate of drug-likeness (QED) is 0.390. The van der Waals surface area contributed by atoms with Gasteiger partial charge in [-0.05, 0) is 50.8 Å². The Kier molecular flexibility index (Phi) is 7.26. The molecule has 7 nitrogen and oxygen atoms in total. The number of methoxy groups -OCH3 is 2. The van der Waals surface area contributed by atoms with Gasteiger partial charge in [-0.15, -0.1) is 0 Å². The Labute approximate surface area is 193 Å². The SMILES string of the molecule is CCOC(=O)c1c(C(S)c2ccc(OC)c(OC)c2)n(C)c2ccc(O)c(CN(C)C)c12. The molecule has 1 unspecified atom stereocenters. The van der Waals surface area contributed by atoms with E-state index >= 15 is 0 Å². The summed E-state index contributed by atoms with van der Waals surface area (Å²) in [6, 6.07) is 9.02. The number of thiol groups is 1. The lowest BCUT2D eigenvalue weighted by Crippen LogP contribution is -2.13. The molecule has 3 aromatic rings. The van der Waals surface area contributed by atoms with E-state index in [9.17, 15) is 9.90 Å².